The maximum absolute atomic E-state index is 2.52. The molecular weight excluding hydrogens is 182 g/mol. The fourth-order valence-electron chi connectivity index (χ4n) is 2.54. The van der Waals surface area contributed by atoms with Gasteiger partial charge in [-0.3, -0.25) is 0 Å². The molecule has 0 saturated heterocycles. The molecule has 0 radical (unpaired) electrons. The third-order valence-electron chi connectivity index (χ3n) is 3.64. The lowest BCUT2D eigenvalue weighted by atomic mass is 9.83. The molecular formula is C14H31N. The van der Waals surface area contributed by atoms with E-state index in [-0.39, 0.29) is 0 Å². The van der Waals surface area contributed by atoms with Gasteiger partial charge in [-0.1, -0.05) is 40.5 Å². The first-order valence-corrected chi connectivity index (χ1v) is 6.98. The summed E-state index contributed by atoms with van der Waals surface area (Å²) in [4.78, 5) is 2.52. The highest BCUT2D eigenvalue weighted by Gasteiger charge is 2.22. The SMILES string of the molecule is CC.CCCC1CCC(N(C)CC)CC1. The predicted molar refractivity (Wildman–Crippen MR) is 70.3 cm³/mol. The largest absolute Gasteiger partial charge is 0.304 e. The highest BCUT2D eigenvalue weighted by Crippen LogP contribution is 2.29. The molecule has 0 N–H and O–H groups in total. The van der Waals surface area contributed by atoms with Crippen molar-refractivity contribution in [1.29, 1.82) is 0 Å². The van der Waals surface area contributed by atoms with Crippen molar-refractivity contribution in [2.45, 2.75) is 72.3 Å². The van der Waals surface area contributed by atoms with E-state index in [2.05, 4.69) is 25.8 Å². The van der Waals surface area contributed by atoms with Gasteiger partial charge in [0, 0.05) is 6.04 Å². The fraction of sp³-hybridized carbons (Fsp3) is 1.00. The monoisotopic (exact) mass is 213 g/mol. The Kier molecular flexibility index (Phi) is 9.18. The van der Waals surface area contributed by atoms with Gasteiger partial charge in [-0.2, -0.15) is 0 Å². The first-order chi connectivity index (χ1) is 7.27. The van der Waals surface area contributed by atoms with E-state index in [9.17, 15) is 0 Å². The van der Waals surface area contributed by atoms with Crippen LogP contribution < -0.4 is 0 Å². The van der Waals surface area contributed by atoms with Crippen LogP contribution in [0, 0.1) is 5.92 Å². The molecule has 0 aliphatic heterocycles. The van der Waals surface area contributed by atoms with E-state index in [0.717, 1.165) is 12.0 Å². The molecule has 0 aromatic rings. The number of hydrogen-bond acceptors (Lipinski definition) is 1. The summed E-state index contributed by atoms with van der Waals surface area (Å²) in [6.07, 6.45) is 8.66. The molecule has 92 valence electrons. The molecule has 0 heterocycles. The summed E-state index contributed by atoms with van der Waals surface area (Å²) >= 11 is 0. The van der Waals surface area contributed by atoms with Crippen molar-refractivity contribution in [2.24, 2.45) is 5.92 Å². The summed E-state index contributed by atoms with van der Waals surface area (Å²) < 4.78 is 0. The molecule has 1 aliphatic carbocycles. The molecule has 1 nitrogen and oxygen atoms in total. The molecule has 1 saturated carbocycles. The van der Waals surface area contributed by atoms with Crippen molar-refractivity contribution in [3.05, 3.63) is 0 Å². The quantitative estimate of drug-likeness (QED) is 0.672. The smallest absolute Gasteiger partial charge is 0.00923 e. The lowest BCUT2D eigenvalue weighted by molar-refractivity contribution is 0.168. The number of nitrogens with zero attached hydrogens (tertiary/aromatic N) is 1. The molecule has 0 spiro atoms. The standard InChI is InChI=1S/C12H25N.C2H6/c1-4-6-11-7-9-12(10-8-11)13(3)5-2;1-2/h11-12H,4-10H2,1-3H3;1-2H3. The van der Waals surface area contributed by atoms with Crippen molar-refractivity contribution >= 4 is 0 Å². The van der Waals surface area contributed by atoms with E-state index >= 15 is 0 Å². The molecule has 0 atom stereocenters. The van der Waals surface area contributed by atoms with Gasteiger partial charge in [-0.25, -0.2) is 0 Å². The van der Waals surface area contributed by atoms with Crippen LogP contribution in [0.1, 0.15) is 66.2 Å². The molecule has 1 heteroatoms. The third-order valence-corrected chi connectivity index (χ3v) is 3.64. The lowest BCUT2D eigenvalue weighted by Crippen LogP contribution is -2.34. The van der Waals surface area contributed by atoms with Gasteiger partial charge in [0.25, 0.3) is 0 Å². The highest BCUT2D eigenvalue weighted by molar-refractivity contribution is 4.77. The predicted octanol–water partition coefficient (Wildman–Crippen LogP) is 4.32. The zero-order valence-corrected chi connectivity index (χ0v) is 11.6. The molecule has 0 unspecified atom stereocenters. The molecule has 0 amide bonds. The molecule has 1 rings (SSSR count). The van der Waals surface area contributed by atoms with Crippen molar-refractivity contribution < 1.29 is 0 Å². The Morgan fingerprint density at radius 2 is 1.53 bits per heavy atom. The molecule has 0 aromatic heterocycles. The van der Waals surface area contributed by atoms with Gasteiger partial charge in [0.1, 0.15) is 0 Å². The summed E-state index contributed by atoms with van der Waals surface area (Å²) in [6.45, 7) is 9.78. The number of hydrogen-bond donors (Lipinski definition) is 0. The van der Waals surface area contributed by atoms with E-state index < -0.39 is 0 Å². The first kappa shape index (κ1) is 15.0. The average Bonchev–Trinajstić information content (AvgIpc) is 2.32. The van der Waals surface area contributed by atoms with Gasteiger partial charge >= 0.3 is 0 Å². The Morgan fingerprint density at radius 1 is 1.00 bits per heavy atom. The van der Waals surface area contributed by atoms with Crippen LogP contribution in [0.3, 0.4) is 0 Å². The van der Waals surface area contributed by atoms with Crippen LogP contribution in [0.25, 0.3) is 0 Å². The van der Waals surface area contributed by atoms with Crippen LogP contribution >= 0.6 is 0 Å². The van der Waals surface area contributed by atoms with Crippen molar-refractivity contribution in [3.8, 4) is 0 Å². The van der Waals surface area contributed by atoms with Crippen molar-refractivity contribution in [1.82, 2.24) is 4.90 Å². The van der Waals surface area contributed by atoms with E-state index in [1.54, 1.807) is 0 Å². The Labute approximate surface area is 97.2 Å². The lowest BCUT2D eigenvalue weighted by Gasteiger charge is -2.34. The van der Waals surface area contributed by atoms with E-state index in [4.69, 9.17) is 0 Å². The van der Waals surface area contributed by atoms with E-state index in [1.807, 2.05) is 13.8 Å². The second-order valence-corrected chi connectivity index (χ2v) is 4.54. The van der Waals surface area contributed by atoms with Gasteiger partial charge in [-0.05, 0) is 45.2 Å². The van der Waals surface area contributed by atoms with Crippen LogP contribution in [-0.2, 0) is 0 Å². The summed E-state index contributed by atoms with van der Waals surface area (Å²) in [7, 11) is 2.27. The number of rotatable bonds is 4. The van der Waals surface area contributed by atoms with Crippen molar-refractivity contribution in [2.75, 3.05) is 13.6 Å². The summed E-state index contributed by atoms with van der Waals surface area (Å²) in [6, 6.07) is 0.887. The second kappa shape index (κ2) is 9.21. The average molecular weight is 213 g/mol. The normalized spacial score (nSPS) is 26.0. The van der Waals surface area contributed by atoms with Crippen LogP contribution in [-0.4, -0.2) is 24.5 Å². The van der Waals surface area contributed by atoms with Crippen molar-refractivity contribution in [3.63, 3.8) is 0 Å². The molecule has 0 bridgehead atoms. The summed E-state index contributed by atoms with van der Waals surface area (Å²) in [5, 5.41) is 0. The Bertz CT molecular complexity index is 125. The van der Waals surface area contributed by atoms with Gasteiger partial charge in [0.15, 0.2) is 0 Å². The summed E-state index contributed by atoms with van der Waals surface area (Å²) in [5.41, 5.74) is 0. The van der Waals surface area contributed by atoms with Crippen LogP contribution in [0.4, 0.5) is 0 Å². The molecule has 1 aliphatic rings. The van der Waals surface area contributed by atoms with E-state index in [1.165, 1.54) is 45.1 Å². The Morgan fingerprint density at radius 3 is 1.93 bits per heavy atom. The first-order valence-electron chi connectivity index (χ1n) is 6.98. The summed E-state index contributed by atoms with van der Waals surface area (Å²) in [5.74, 6) is 1.05. The molecule has 1 fully saturated rings. The second-order valence-electron chi connectivity index (χ2n) is 4.54. The van der Waals surface area contributed by atoms with Gasteiger partial charge in [0.05, 0.1) is 0 Å². The Hall–Kier alpha value is -0.0400. The fourth-order valence-corrected chi connectivity index (χ4v) is 2.54. The highest BCUT2D eigenvalue weighted by atomic mass is 15.1. The van der Waals surface area contributed by atoms with E-state index in [0.29, 0.717) is 0 Å². The van der Waals surface area contributed by atoms with Crippen LogP contribution in [0.5, 0.6) is 0 Å². The maximum Gasteiger partial charge on any atom is 0.00923 e. The minimum Gasteiger partial charge on any atom is -0.304 e. The third kappa shape index (κ3) is 5.55. The topological polar surface area (TPSA) is 3.24 Å². The van der Waals surface area contributed by atoms with Gasteiger partial charge in [0.2, 0.25) is 0 Å². The zero-order valence-electron chi connectivity index (χ0n) is 11.6. The van der Waals surface area contributed by atoms with Crippen LogP contribution in [0.2, 0.25) is 0 Å². The van der Waals surface area contributed by atoms with Gasteiger partial charge < -0.3 is 4.90 Å². The zero-order chi connectivity index (χ0) is 11.7. The molecule has 0 aromatic carbocycles. The van der Waals surface area contributed by atoms with Gasteiger partial charge in [-0.15, -0.1) is 0 Å². The maximum atomic E-state index is 2.52. The minimum absolute atomic E-state index is 0.887. The van der Waals surface area contributed by atoms with Crippen LogP contribution in [0.15, 0.2) is 0 Å². The Balaban J connectivity index is 0.000000921. The molecule has 15 heavy (non-hydrogen) atoms. The minimum atomic E-state index is 0.887.